The van der Waals surface area contributed by atoms with Gasteiger partial charge in [0.2, 0.25) is 16.0 Å². The molecule has 2 aromatic heterocycles. The Labute approximate surface area is 208 Å². The number of hydrogen-bond acceptors (Lipinski definition) is 7. The molecular weight excluding hydrogens is 462 g/mol. The molecule has 2 aromatic carbocycles. The summed E-state index contributed by atoms with van der Waals surface area (Å²) < 4.78 is 12.7. The van der Waals surface area contributed by atoms with Gasteiger partial charge >= 0.3 is 0 Å². The summed E-state index contributed by atoms with van der Waals surface area (Å²) in [5.74, 6) is 1.25. The highest BCUT2D eigenvalue weighted by Gasteiger charge is 2.28. The summed E-state index contributed by atoms with van der Waals surface area (Å²) in [4.78, 5) is 20.8. The quantitative estimate of drug-likeness (QED) is 0.415. The summed E-state index contributed by atoms with van der Waals surface area (Å²) in [6.07, 6.45) is 3.77. The Morgan fingerprint density at radius 2 is 2.00 bits per heavy atom. The van der Waals surface area contributed by atoms with Gasteiger partial charge in [-0.25, -0.2) is 9.50 Å². The SMILES string of the molecule is COc1cccc(CNC(=O)C2CCCN(c3nn4cc(-c5ccc(C)cc5)nc4s3)C2)c1OC. The molecule has 0 bridgehead atoms. The molecule has 35 heavy (non-hydrogen) atoms. The van der Waals surface area contributed by atoms with Gasteiger partial charge in [0.05, 0.1) is 32.0 Å². The first-order chi connectivity index (χ1) is 17.1. The number of aromatic nitrogens is 3. The van der Waals surface area contributed by atoms with Crippen molar-refractivity contribution in [2.45, 2.75) is 26.3 Å². The topological polar surface area (TPSA) is 81.0 Å². The van der Waals surface area contributed by atoms with Gasteiger partial charge in [0.1, 0.15) is 0 Å². The maximum absolute atomic E-state index is 13.0. The summed E-state index contributed by atoms with van der Waals surface area (Å²) in [5, 5.41) is 8.75. The van der Waals surface area contributed by atoms with Crippen LogP contribution in [0.2, 0.25) is 0 Å². The Hall–Kier alpha value is -3.59. The van der Waals surface area contributed by atoms with Crippen molar-refractivity contribution in [3.8, 4) is 22.8 Å². The van der Waals surface area contributed by atoms with E-state index in [2.05, 4.69) is 41.4 Å². The number of rotatable bonds is 7. The molecule has 0 saturated carbocycles. The van der Waals surface area contributed by atoms with Gasteiger partial charge in [-0.15, -0.1) is 5.10 Å². The first-order valence-electron chi connectivity index (χ1n) is 11.7. The van der Waals surface area contributed by atoms with Crippen molar-refractivity contribution in [1.82, 2.24) is 19.9 Å². The standard InChI is InChI=1S/C26H29N5O3S/c1-17-9-11-18(12-10-17)21-16-31-25(28-21)35-26(29-31)30-13-5-7-20(15-30)24(32)27-14-19-6-4-8-22(33-2)23(19)34-3/h4,6,8-12,16,20H,5,7,13-15H2,1-3H3,(H,27,32). The number of methoxy groups -OCH3 is 2. The second-order valence-corrected chi connectivity index (χ2v) is 9.69. The van der Waals surface area contributed by atoms with E-state index in [-0.39, 0.29) is 11.8 Å². The Bertz CT molecular complexity index is 1300. The number of para-hydroxylation sites is 1. The smallest absolute Gasteiger partial charge is 0.225 e. The third-order valence-electron chi connectivity index (χ3n) is 6.38. The first-order valence-corrected chi connectivity index (χ1v) is 12.5. The molecule has 1 saturated heterocycles. The summed E-state index contributed by atoms with van der Waals surface area (Å²) >= 11 is 1.56. The van der Waals surface area contributed by atoms with Crippen molar-refractivity contribution < 1.29 is 14.3 Å². The van der Waals surface area contributed by atoms with Crippen LogP contribution in [0, 0.1) is 12.8 Å². The molecule has 9 heteroatoms. The largest absolute Gasteiger partial charge is 0.493 e. The minimum Gasteiger partial charge on any atom is -0.493 e. The lowest BCUT2D eigenvalue weighted by molar-refractivity contribution is -0.125. The van der Waals surface area contributed by atoms with E-state index in [0.717, 1.165) is 46.3 Å². The van der Waals surface area contributed by atoms with E-state index in [9.17, 15) is 4.79 Å². The highest BCUT2D eigenvalue weighted by molar-refractivity contribution is 7.20. The number of imidazole rings is 1. The van der Waals surface area contributed by atoms with Crippen molar-refractivity contribution in [3.05, 3.63) is 59.8 Å². The molecule has 0 radical (unpaired) electrons. The number of carbonyl (C=O) groups is 1. The molecule has 1 aliphatic heterocycles. The van der Waals surface area contributed by atoms with Crippen LogP contribution in [0.15, 0.2) is 48.7 Å². The highest BCUT2D eigenvalue weighted by atomic mass is 32.1. The van der Waals surface area contributed by atoms with Gasteiger partial charge in [-0.05, 0) is 25.8 Å². The Morgan fingerprint density at radius 3 is 2.74 bits per heavy atom. The minimum atomic E-state index is -0.0975. The Kier molecular flexibility index (Phi) is 6.59. The molecule has 1 aliphatic rings. The van der Waals surface area contributed by atoms with E-state index in [1.165, 1.54) is 5.56 Å². The fraction of sp³-hybridized carbons (Fsp3) is 0.346. The first kappa shape index (κ1) is 23.2. The molecule has 1 atom stereocenters. The Morgan fingerprint density at radius 1 is 1.17 bits per heavy atom. The lowest BCUT2D eigenvalue weighted by atomic mass is 9.97. The van der Waals surface area contributed by atoms with Crippen LogP contribution in [0.4, 0.5) is 5.13 Å². The van der Waals surface area contributed by atoms with Crippen molar-refractivity contribution in [1.29, 1.82) is 0 Å². The Balaban J connectivity index is 1.24. The highest BCUT2D eigenvalue weighted by Crippen LogP contribution is 2.32. The van der Waals surface area contributed by atoms with Crippen LogP contribution in [0.25, 0.3) is 16.2 Å². The van der Waals surface area contributed by atoms with E-state index in [1.54, 1.807) is 25.6 Å². The molecule has 1 N–H and O–H groups in total. The lowest BCUT2D eigenvalue weighted by Crippen LogP contribution is -2.43. The number of amides is 1. The number of nitrogens with one attached hydrogen (secondary N) is 1. The monoisotopic (exact) mass is 491 g/mol. The molecule has 1 fully saturated rings. The number of aryl methyl sites for hydroxylation is 1. The predicted molar refractivity (Wildman–Crippen MR) is 137 cm³/mol. The molecule has 1 unspecified atom stereocenters. The number of ether oxygens (including phenoxy) is 2. The number of piperidine rings is 1. The molecule has 182 valence electrons. The number of fused-ring (bicyclic) bond motifs is 1. The second kappa shape index (κ2) is 9.95. The van der Waals surface area contributed by atoms with Crippen molar-refractivity contribution in [2.75, 3.05) is 32.2 Å². The number of carbonyl (C=O) groups excluding carboxylic acids is 1. The molecule has 1 amide bonds. The van der Waals surface area contributed by atoms with Crippen LogP contribution in [0.5, 0.6) is 11.5 Å². The van der Waals surface area contributed by atoms with Crippen LogP contribution in [-0.2, 0) is 11.3 Å². The second-order valence-electron chi connectivity index (χ2n) is 8.76. The lowest BCUT2D eigenvalue weighted by Gasteiger charge is -2.31. The maximum Gasteiger partial charge on any atom is 0.225 e. The average molecular weight is 492 g/mol. The van der Waals surface area contributed by atoms with Gasteiger partial charge in [-0.1, -0.05) is 53.3 Å². The van der Waals surface area contributed by atoms with Crippen LogP contribution in [0.1, 0.15) is 24.0 Å². The molecule has 5 rings (SSSR count). The summed E-state index contributed by atoms with van der Waals surface area (Å²) in [5.41, 5.74) is 4.11. The molecule has 3 heterocycles. The van der Waals surface area contributed by atoms with Crippen LogP contribution in [0.3, 0.4) is 0 Å². The normalized spacial score (nSPS) is 15.9. The van der Waals surface area contributed by atoms with E-state index in [4.69, 9.17) is 19.6 Å². The van der Waals surface area contributed by atoms with Crippen molar-refractivity contribution in [2.24, 2.45) is 5.92 Å². The van der Waals surface area contributed by atoms with E-state index in [0.29, 0.717) is 24.6 Å². The van der Waals surface area contributed by atoms with Gasteiger partial charge in [0.15, 0.2) is 11.5 Å². The van der Waals surface area contributed by atoms with Crippen LogP contribution >= 0.6 is 11.3 Å². The fourth-order valence-corrected chi connectivity index (χ4v) is 5.38. The molecular formula is C26H29N5O3S. The number of nitrogens with zero attached hydrogens (tertiary/aromatic N) is 4. The third kappa shape index (κ3) is 4.81. The predicted octanol–water partition coefficient (Wildman–Crippen LogP) is 4.32. The van der Waals surface area contributed by atoms with E-state index < -0.39 is 0 Å². The number of anilines is 1. The third-order valence-corrected chi connectivity index (χ3v) is 7.36. The molecule has 4 aromatic rings. The molecule has 8 nitrogen and oxygen atoms in total. The van der Waals surface area contributed by atoms with Crippen molar-refractivity contribution >= 4 is 27.3 Å². The van der Waals surface area contributed by atoms with Gasteiger partial charge in [0, 0.05) is 30.8 Å². The fourth-order valence-electron chi connectivity index (χ4n) is 4.47. The van der Waals surface area contributed by atoms with Crippen LogP contribution in [-0.4, -0.2) is 47.8 Å². The summed E-state index contributed by atoms with van der Waals surface area (Å²) in [7, 11) is 3.22. The summed E-state index contributed by atoms with van der Waals surface area (Å²) in [6.45, 7) is 3.99. The summed E-state index contributed by atoms with van der Waals surface area (Å²) in [6, 6.07) is 14.0. The molecule has 0 aliphatic carbocycles. The van der Waals surface area contributed by atoms with Crippen LogP contribution < -0.4 is 19.7 Å². The van der Waals surface area contributed by atoms with Crippen molar-refractivity contribution in [3.63, 3.8) is 0 Å². The van der Waals surface area contributed by atoms with Gasteiger partial charge in [-0.2, -0.15) is 0 Å². The van der Waals surface area contributed by atoms with E-state index in [1.807, 2.05) is 28.9 Å². The maximum atomic E-state index is 13.0. The number of hydrogen-bond donors (Lipinski definition) is 1. The number of benzene rings is 2. The van der Waals surface area contributed by atoms with Gasteiger partial charge in [-0.3, -0.25) is 4.79 Å². The van der Waals surface area contributed by atoms with E-state index >= 15 is 0 Å². The zero-order valence-corrected chi connectivity index (χ0v) is 21.0. The molecule has 0 spiro atoms. The van der Waals surface area contributed by atoms with Gasteiger partial charge < -0.3 is 19.7 Å². The zero-order chi connectivity index (χ0) is 24.4. The minimum absolute atomic E-state index is 0.0440. The van der Waals surface area contributed by atoms with Gasteiger partial charge in [0.25, 0.3) is 0 Å². The average Bonchev–Trinajstić information content (AvgIpc) is 3.47. The zero-order valence-electron chi connectivity index (χ0n) is 20.2.